The van der Waals surface area contributed by atoms with E-state index in [-0.39, 0.29) is 0 Å². The smallest absolute Gasteiger partial charge is 0.133 e. The lowest BCUT2D eigenvalue weighted by Crippen LogP contribution is -2.04. The summed E-state index contributed by atoms with van der Waals surface area (Å²) < 4.78 is 1.09. The second-order valence-corrected chi connectivity index (χ2v) is 6.45. The van der Waals surface area contributed by atoms with E-state index in [9.17, 15) is 0 Å². The third-order valence-corrected chi connectivity index (χ3v) is 4.51. The molecule has 0 atom stereocenters. The van der Waals surface area contributed by atoms with Gasteiger partial charge in [-0.15, -0.1) is 0 Å². The Balaban J connectivity index is 2.33. The summed E-state index contributed by atoms with van der Waals surface area (Å²) in [6.45, 7) is 4.20. The van der Waals surface area contributed by atoms with Crippen LogP contribution in [0, 0.1) is 6.92 Å². The fourth-order valence-corrected chi connectivity index (χ4v) is 2.99. The predicted molar refractivity (Wildman–Crippen MR) is 88.6 cm³/mol. The van der Waals surface area contributed by atoms with Crippen LogP contribution in [0.25, 0.3) is 0 Å². The molecule has 0 bridgehead atoms. The number of anilines is 1. The highest BCUT2D eigenvalue weighted by Crippen LogP contribution is 2.32. The summed E-state index contributed by atoms with van der Waals surface area (Å²) in [5, 5.41) is 4.18. The van der Waals surface area contributed by atoms with E-state index in [1.807, 2.05) is 19.2 Å². The number of aryl methyl sites for hydroxylation is 1. The lowest BCUT2D eigenvalue weighted by molar-refractivity contribution is 0.804. The molecule has 106 valence electrons. The van der Waals surface area contributed by atoms with Crippen molar-refractivity contribution in [2.75, 3.05) is 12.4 Å². The molecule has 0 saturated heterocycles. The van der Waals surface area contributed by atoms with Gasteiger partial charge in [0.2, 0.25) is 0 Å². The summed E-state index contributed by atoms with van der Waals surface area (Å²) in [6, 6.07) is 8.28. The predicted octanol–water partition coefficient (Wildman–Crippen LogP) is 4.69. The van der Waals surface area contributed by atoms with Gasteiger partial charge in [-0.1, -0.05) is 34.6 Å². The van der Waals surface area contributed by atoms with E-state index >= 15 is 0 Å². The number of hydrogen-bond donors (Lipinski definition) is 1. The number of halogens is 1. The van der Waals surface area contributed by atoms with Gasteiger partial charge in [0.05, 0.1) is 0 Å². The SMILES string of the molecule is CCCc1nc(NC)c(C)c(Sc2ccc(Br)cc2)n1. The van der Waals surface area contributed by atoms with Gasteiger partial charge >= 0.3 is 0 Å². The molecular formula is C15H18BrN3S. The quantitative estimate of drug-likeness (QED) is 0.792. The van der Waals surface area contributed by atoms with Gasteiger partial charge in [0.25, 0.3) is 0 Å². The van der Waals surface area contributed by atoms with Gasteiger partial charge in [-0.2, -0.15) is 0 Å². The minimum atomic E-state index is 0.905. The first-order chi connectivity index (χ1) is 9.63. The van der Waals surface area contributed by atoms with Gasteiger partial charge in [0.15, 0.2) is 0 Å². The van der Waals surface area contributed by atoms with E-state index in [2.05, 4.69) is 57.2 Å². The van der Waals surface area contributed by atoms with Crippen LogP contribution in [0.3, 0.4) is 0 Å². The molecule has 0 amide bonds. The van der Waals surface area contributed by atoms with Gasteiger partial charge in [-0.3, -0.25) is 0 Å². The van der Waals surface area contributed by atoms with Crippen molar-refractivity contribution in [3.8, 4) is 0 Å². The van der Waals surface area contributed by atoms with Crippen LogP contribution >= 0.6 is 27.7 Å². The molecule has 1 heterocycles. The molecule has 0 fully saturated rings. The molecule has 1 aromatic heterocycles. The first kappa shape index (κ1) is 15.3. The minimum absolute atomic E-state index is 0.905. The monoisotopic (exact) mass is 351 g/mol. The summed E-state index contributed by atoms with van der Waals surface area (Å²) in [7, 11) is 1.90. The van der Waals surface area contributed by atoms with E-state index in [0.29, 0.717) is 0 Å². The van der Waals surface area contributed by atoms with Gasteiger partial charge in [0, 0.05) is 28.4 Å². The standard InChI is InChI=1S/C15H18BrN3S/c1-4-5-13-18-14(17-3)10(2)15(19-13)20-12-8-6-11(16)7-9-12/h6-9H,4-5H2,1-3H3,(H,17,18,19). The Kier molecular flexibility index (Phi) is 5.43. The molecule has 0 radical (unpaired) electrons. The molecule has 2 rings (SSSR count). The molecule has 0 unspecified atom stereocenters. The number of nitrogens with zero attached hydrogens (tertiary/aromatic N) is 2. The number of hydrogen-bond acceptors (Lipinski definition) is 4. The van der Waals surface area contributed by atoms with Crippen molar-refractivity contribution in [3.05, 3.63) is 40.1 Å². The number of rotatable bonds is 5. The van der Waals surface area contributed by atoms with Crippen LogP contribution in [0.2, 0.25) is 0 Å². The second-order valence-electron chi connectivity index (χ2n) is 4.47. The Hall–Kier alpha value is -1.07. The van der Waals surface area contributed by atoms with Gasteiger partial charge in [0.1, 0.15) is 16.7 Å². The van der Waals surface area contributed by atoms with E-state index in [0.717, 1.165) is 39.5 Å². The summed E-state index contributed by atoms with van der Waals surface area (Å²) >= 11 is 5.14. The molecule has 0 saturated carbocycles. The van der Waals surface area contributed by atoms with Crippen LogP contribution < -0.4 is 5.32 Å². The summed E-state index contributed by atoms with van der Waals surface area (Å²) in [4.78, 5) is 10.4. The topological polar surface area (TPSA) is 37.8 Å². The Labute approximate surface area is 132 Å². The van der Waals surface area contributed by atoms with Crippen molar-refractivity contribution < 1.29 is 0 Å². The summed E-state index contributed by atoms with van der Waals surface area (Å²) in [6.07, 6.45) is 1.96. The van der Waals surface area contributed by atoms with Crippen LogP contribution in [0.15, 0.2) is 38.7 Å². The lowest BCUT2D eigenvalue weighted by Gasteiger charge is -2.11. The maximum absolute atomic E-state index is 4.69. The van der Waals surface area contributed by atoms with E-state index in [4.69, 9.17) is 0 Å². The van der Waals surface area contributed by atoms with Crippen molar-refractivity contribution >= 4 is 33.5 Å². The third kappa shape index (κ3) is 3.73. The first-order valence-electron chi connectivity index (χ1n) is 6.62. The Morgan fingerprint density at radius 2 is 1.90 bits per heavy atom. The fourth-order valence-electron chi connectivity index (χ4n) is 1.83. The molecule has 20 heavy (non-hydrogen) atoms. The van der Waals surface area contributed by atoms with Gasteiger partial charge < -0.3 is 5.32 Å². The highest BCUT2D eigenvalue weighted by atomic mass is 79.9. The van der Waals surface area contributed by atoms with Crippen LogP contribution in [-0.2, 0) is 6.42 Å². The molecule has 1 N–H and O–H groups in total. The zero-order valence-electron chi connectivity index (χ0n) is 11.9. The van der Waals surface area contributed by atoms with E-state index in [1.54, 1.807) is 11.8 Å². The third-order valence-electron chi connectivity index (χ3n) is 2.89. The lowest BCUT2D eigenvalue weighted by atomic mass is 10.3. The summed E-state index contributed by atoms with van der Waals surface area (Å²) in [5.41, 5.74) is 1.10. The maximum Gasteiger partial charge on any atom is 0.133 e. The van der Waals surface area contributed by atoms with Crippen molar-refractivity contribution in [3.63, 3.8) is 0 Å². The first-order valence-corrected chi connectivity index (χ1v) is 8.23. The van der Waals surface area contributed by atoms with Crippen molar-refractivity contribution in [2.24, 2.45) is 0 Å². The van der Waals surface area contributed by atoms with Gasteiger partial charge in [-0.05, 0) is 37.6 Å². The molecule has 0 aliphatic carbocycles. The number of aromatic nitrogens is 2. The second kappa shape index (κ2) is 7.09. The number of nitrogens with one attached hydrogen (secondary N) is 1. The minimum Gasteiger partial charge on any atom is -0.373 e. The number of benzene rings is 1. The molecule has 1 aromatic carbocycles. The Bertz CT molecular complexity index is 584. The normalized spacial score (nSPS) is 10.6. The van der Waals surface area contributed by atoms with Crippen LogP contribution in [-0.4, -0.2) is 17.0 Å². The van der Waals surface area contributed by atoms with E-state index in [1.165, 1.54) is 4.90 Å². The Morgan fingerprint density at radius 1 is 1.20 bits per heavy atom. The molecule has 3 nitrogen and oxygen atoms in total. The van der Waals surface area contributed by atoms with Crippen molar-refractivity contribution in [2.45, 2.75) is 36.6 Å². The van der Waals surface area contributed by atoms with Crippen LogP contribution in [0.5, 0.6) is 0 Å². The van der Waals surface area contributed by atoms with Crippen LogP contribution in [0.1, 0.15) is 24.7 Å². The van der Waals surface area contributed by atoms with Crippen molar-refractivity contribution in [1.82, 2.24) is 9.97 Å². The molecule has 0 spiro atoms. The average Bonchev–Trinajstić information content (AvgIpc) is 2.45. The molecule has 0 aliphatic rings. The highest BCUT2D eigenvalue weighted by molar-refractivity contribution is 9.10. The van der Waals surface area contributed by atoms with E-state index < -0.39 is 0 Å². The largest absolute Gasteiger partial charge is 0.373 e. The van der Waals surface area contributed by atoms with Gasteiger partial charge in [-0.25, -0.2) is 9.97 Å². The zero-order chi connectivity index (χ0) is 14.5. The average molecular weight is 352 g/mol. The van der Waals surface area contributed by atoms with Crippen molar-refractivity contribution in [1.29, 1.82) is 0 Å². The molecular weight excluding hydrogens is 334 g/mol. The molecule has 5 heteroatoms. The highest BCUT2D eigenvalue weighted by Gasteiger charge is 2.11. The van der Waals surface area contributed by atoms with Crippen LogP contribution in [0.4, 0.5) is 5.82 Å². The maximum atomic E-state index is 4.69. The Morgan fingerprint density at radius 3 is 2.50 bits per heavy atom. The molecule has 0 aliphatic heterocycles. The fraction of sp³-hybridized carbons (Fsp3) is 0.333. The zero-order valence-corrected chi connectivity index (χ0v) is 14.3. The summed E-state index contributed by atoms with van der Waals surface area (Å²) in [5.74, 6) is 1.82. The molecule has 2 aromatic rings.